The Labute approximate surface area is 127 Å². The van der Waals surface area contributed by atoms with Crippen molar-refractivity contribution in [2.45, 2.75) is 25.7 Å². The van der Waals surface area contributed by atoms with Gasteiger partial charge in [0.25, 0.3) is 0 Å². The average Bonchev–Trinajstić information content (AvgIpc) is 2.57. The van der Waals surface area contributed by atoms with Crippen LogP contribution in [-0.2, 0) is 14.4 Å². The molecule has 1 aliphatic heterocycles. The summed E-state index contributed by atoms with van der Waals surface area (Å²) in [6.45, 7) is -0.292. The predicted molar refractivity (Wildman–Crippen MR) is 79.7 cm³/mol. The maximum Gasteiger partial charge on any atom is 0.244 e. The highest BCUT2D eigenvalue weighted by Gasteiger charge is 2.26. The van der Waals surface area contributed by atoms with E-state index in [2.05, 4.69) is 5.32 Å². The molecular weight excluding hydrogens is 294 g/mol. The highest BCUT2D eigenvalue weighted by atomic mass is 35.5. The van der Waals surface area contributed by atoms with E-state index in [1.807, 2.05) is 0 Å². The number of hydrogen-bond acceptors (Lipinski definition) is 4. The molecular formula is C14H16ClN3O3. The molecule has 1 aromatic rings. The zero-order valence-electron chi connectivity index (χ0n) is 11.4. The number of carbonyl (C=O) groups is 3. The number of rotatable bonds is 3. The van der Waals surface area contributed by atoms with Crippen LogP contribution in [0.4, 0.5) is 11.4 Å². The summed E-state index contributed by atoms with van der Waals surface area (Å²) in [5.74, 6) is -1.08. The molecule has 1 aromatic carbocycles. The molecule has 6 nitrogen and oxygen atoms in total. The summed E-state index contributed by atoms with van der Waals surface area (Å²) in [5.41, 5.74) is 6.46. The van der Waals surface area contributed by atoms with Gasteiger partial charge in [-0.15, -0.1) is 0 Å². The molecule has 7 heteroatoms. The molecule has 2 rings (SSSR count). The van der Waals surface area contributed by atoms with Crippen LogP contribution in [0.25, 0.3) is 0 Å². The van der Waals surface area contributed by atoms with Gasteiger partial charge in [-0.05, 0) is 31.0 Å². The molecule has 0 bridgehead atoms. The smallest absolute Gasteiger partial charge is 0.244 e. The standard InChI is InChI=1S/C14H16ClN3O3/c15-9-5-6-11(10(16)7-9)17-12(19)8-18-13(20)3-1-2-4-14(18)21/h5-7H,1-4,8,16H2,(H,17,19). The summed E-state index contributed by atoms with van der Waals surface area (Å²) in [7, 11) is 0. The Morgan fingerprint density at radius 1 is 1.24 bits per heavy atom. The van der Waals surface area contributed by atoms with Crippen molar-refractivity contribution in [3.8, 4) is 0 Å². The van der Waals surface area contributed by atoms with Crippen molar-refractivity contribution in [1.82, 2.24) is 4.90 Å². The maximum atomic E-state index is 12.0. The number of imide groups is 1. The Kier molecular flexibility index (Phi) is 4.80. The van der Waals surface area contributed by atoms with Crippen LogP contribution in [0.2, 0.25) is 5.02 Å². The Morgan fingerprint density at radius 3 is 2.43 bits per heavy atom. The maximum absolute atomic E-state index is 12.0. The molecule has 1 aliphatic rings. The van der Waals surface area contributed by atoms with Crippen LogP contribution in [0.5, 0.6) is 0 Å². The number of likely N-dealkylation sites (tertiary alicyclic amines) is 1. The van der Waals surface area contributed by atoms with Gasteiger partial charge in [-0.3, -0.25) is 19.3 Å². The van der Waals surface area contributed by atoms with Gasteiger partial charge in [-0.1, -0.05) is 11.6 Å². The number of halogens is 1. The van der Waals surface area contributed by atoms with Crippen molar-refractivity contribution in [1.29, 1.82) is 0 Å². The molecule has 0 aromatic heterocycles. The van der Waals surface area contributed by atoms with Crippen LogP contribution in [0, 0.1) is 0 Å². The van der Waals surface area contributed by atoms with Crippen molar-refractivity contribution in [2.24, 2.45) is 0 Å². The van der Waals surface area contributed by atoms with Crippen LogP contribution < -0.4 is 11.1 Å². The lowest BCUT2D eigenvalue weighted by atomic mass is 10.2. The topological polar surface area (TPSA) is 92.5 Å². The Morgan fingerprint density at radius 2 is 1.86 bits per heavy atom. The molecule has 21 heavy (non-hydrogen) atoms. The number of benzene rings is 1. The van der Waals surface area contributed by atoms with Crippen LogP contribution >= 0.6 is 11.6 Å². The lowest BCUT2D eigenvalue weighted by Gasteiger charge is -2.18. The summed E-state index contributed by atoms with van der Waals surface area (Å²) in [4.78, 5) is 36.6. The summed E-state index contributed by atoms with van der Waals surface area (Å²) in [6.07, 6.45) is 1.93. The molecule has 1 saturated heterocycles. The minimum absolute atomic E-state index is 0.292. The zero-order valence-corrected chi connectivity index (χ0v) is 12.2. The SMILES string of the molecule is Nc1cc(Cl)ccc1NC(=O)CN1C(=O)CCCCC1=O. The second-order valence-corrected chi connectivity index (χ2v) is 5.30. The van der Waals surface area contributed by atoms with Crippen LogP contribution in [0.1, 0.15) is 25.7 Å². The molecule has 3 amide bonds. The number of hydrogen-bond donors (Lipinski definition) is 2. The van der Waals surface area contributed by atoms with Crippen molar-refractivity contribution in [3.05, 3.63) is 23.2 Å². The van der Waals surface area contributed by atoms with E-state index in [4.69, 9.17) is 17.3 Å². The van der Waals surface area contributed by atoms with E-state index in [1.165, 1.54) is 6.07 Å². The summed E-state index contributed by atoms with van der Waals surface area (Å²) in [5, 5.41) is 3.04. The van der Waals surface area contributed by atoms with Crippen molar-refractivity contribution >= 4 is 40.7 Å². The first-order valence-electron chi connectivity index (χ1n) is 6.65. The van der Waals surface area contributed by atoms with E-state index in [0.717, 1.165) is 4.90 Å². The van der Waals surface area contributed by atoms with Crippen molar-refractivity contribution < 1.29 is 14.4 Å². The number of amides is 3. The second-order valence-electron chi connectivity index (χ2n) is 4.86. The third kappa shape index (κ3) is 3.95. The number of carbonyl (C=O) groups excluding carboxylic acids is 3. The molecule has 0 atom stereocenters. The van der Waals surface area contributed by atoms with Gasteiger partial charge >= 0.3 is 0 Å². The first-order chi connectivity index (χ1) is 9.97. The molecule has 3 N–H and O–H groups in total. The summed E-state index contributed by atoms with van der Waals surface area (Å²) in [6, 6.07) is 4.68. The second kappa shape index (κ2) is 6.58. The molecule has 0 spiro atoms. The van der Waals surface area contributed by atoms with Crippen molar-refractivity contribution in [2.75, 3.05) is 17.6 Å². The fourth-order valence-corrected chi connectivity index (χ4v) is 2.30. The van der Waals surface area contributed by atoms with Gasteiger partial charge in [0.05, 0.1) is 11.4 Å². The monoisotopic (exact) mass is 309 g/mol. The average molecular weight is 310 g/mol. The Bertz CT molecular complexity index is 571. The van der Waals surface area contributed by atoms with Gasteiger partial charge in [0.2, 0.25) is 17.7 Å². The van der Waals surface area contributed by atoms with Gasteiger partial charge < -0.3 is 11.1 Å². The van der Waals surface area contributed by atoms with Crippen LogP contribution in [0.3, 0.4) is 0 Å². The fraction of sp³-hybridized carbons (Fsp3) is 0.357. The number of nitrogens with zero attached hydrogens (tertiary/aromatic N) is 1. The van der Waals surface area contributed by atoms with Crippen molar-refractivity contribution in [3.63, 3.8) is 0 Å². The molecule has 0 radical (unpaired) electrons. The van der Waals surface area contributed by atoms with E-state index >= 15 is 0 Å². The van der Waals surface area contributed by atoms with E-state index < -0.39 is 5.91 Å². The lowest BCUT2D eigenvalue weighted by molar-refractivity contribution is -0.146. The molecule has 112 valence electrons. The molecule has 1 fully saturated rings. The summed E-state index contributed by atoms with van der Waals surface area (Å²) < 4.78 is 0. The Hall–Kier alpha value is -2.08. The predicted octanol–water partition coefficient (Wildman–Crippen LogP) is 1.79. The number of nitrogens with one attached hydrogen (secondary N) is 1. The third-order valence-electron chi connectivity index (χ3n) is 3.22. The largest absolute Gasteiger partial charge is 0.397 e. The van der Waals surface area contributed by atoms with E-state index in [0.29, 0.717) is 42.1 Å². The van der Waals surface area contributed by atoms with Crippen LogP contribution in [0.15, 0.2) is 18.2 Å². The van der Waals surface area contributed by atoms with Gasteiger partial charge in [0, 0.05) is 17.9 Å². The zero-order chi connectivity index (χ0) is 15.4. The van der Waals surface area contributed by atoms with Gasteiger partial charge in [0.15, 0.2) is 0 Å². The van der Waals surface area contributed by atoms with E-state index in [-0.39, 0.29) is 18.4 Å². The first-order valence-corrected chi connectivity index (χ1v) is 7.03. The molecule has 0 saturated carbocycles. The van der Waals surface area contributed by atoms with E-state index in [9.17, 15) is 14.4 Å². The molecule has 0 unspecified atom stereocenters. The quantitative estimate of drug-likeness (QED) is 0.657. The third-order valence-corrected chi connectivity index (χ3v) is 3.46. The molecule has 1 heterocycles. The number of anilines is 2. The minimum atomic E-state index is -0.465. The fourth-order valence-electron chi connectivity index (χ4n) is 2.12. The van der Waals surface area contributed by atoms with Gasteiger partial charge in [0.1, 0.15) is 6.54 Å². The van der Waals surface area contributed by atoms with Crippen LogP contribution in [-0.4, -0.2) is 29.2 Å². The highest BCUT2D eigenvalue weighted by molar-refractivity contribution is 6.31. The molecule has 0 aliphatic carbocycles. The van der Waals surface area contributed by atoms with E-state index in [1.54, 1.807) is 12.1 Å². The van der Waals surface area contributed by atoms with Gasteiger partial charge in [-0.2, -0.15) is 0 Å². The lowest BCUT2D eigenvalue weighted by Crippen LogP contribution is -2.41. The summed E-state index contributed by atoms with van der Waals surface area (Å²) >= 11 is 5.78. The normalized spacial score (nSPS) is 15.8. The number of nitrogens with two attached hydrogens (primary N) is 1. The number of nitrogen functional groups attached to an aromatic ring is 1. The van der Waals surface area contributed by atoms with Gasteiger partial charge in [-0.25, -0.2) is 0 Å². The minimum Gasteiger partial charge on any atom is -0.397 e. The Balaban J connectivity index is 2.03. The highest BCUT2D eigenvalue weighted by Crippen LogP contribution is 2.22. The first kappa shape index (κ1) is 15.3.